The lowest BCUT2D eigenvalue weighted by atomic mass is 10.2. The van der Waals surface area contributed by atoms with Crippen LogP contribution in [0, 0.1) is 5.92 Å². The Hall–Kier alpha value is -1.39. The van der Waals surface area contributed by atoms with Gasteiger partial charge in [-0.25, -0.2) is 0 Å². The second kappa shape index (κ2) is 5.80. The van der Waals surface area contributed by atoms with Crippen LogP contribution in [-0.4, -0.2) is 24.1 Å². The minimum Gasteiger partial charge on any atom is -0.392 e. The van der Waals surface area contributed by atoms with Gasteiger partial charge in [0.1, 0.15) is 0 Å². The summed E-state index contributed by atoms with van der Waals surface area (Å²) in [6.07, 6.45) is 2.56. The van der Waals surface area contributed by atoms with Crippen molar-refractivity contribution in [3.8, 4) is 0 Å². The van der Waals surface area contributed by atoms with Crippen molar-refractivity contribution in [3.05, 3.63) is 29.8 Å². The SMILES string of the molecule is O=C(CNCC1CC1)Nc1ccccc1CO. The maximum Gasteiger partial charge on any atom is 0.238 e. The van der Waals surface area contributed by atoms with E-state index in [1.165, 1.54) is 12.8 Å². The highest BCUT2D eigenvalue weighted by atomic mass is 16.3. The second-order valence-electron chi connectivity index (χ2n) is 4.44. The minimum atomic E-state index is -0.0635. The van der Waals surface area contributed by atoms with Gasteiger partial charge in [0.05, 0.1) is 13.2 Å². The molecule has 4 nitrogen and oxygen atoms in total. The van der Waals surface area contributed by atoms with E-state index in [-0.39, 0.29) is 12.5 Å². The molecule has 1 amide bonds. The van der Waals surface area contributed by atoms with Crippen LogP contribution in [0.25, 0.3) is 0 Å². The zero-order chi connectivity index (χ0) is 12.1. The number of aliphatic hydroxyl groups is 1. The van der Waals surface area contributed by atoms with Gasteiger partial charge in [0, 0.05) is 11.3 Å². The molecule has 92 valence electrons. The Bertz CT molecular complexity index is 389. The number of rotatable bonds is 6. The third-order valence-corrected chi connectivity index (χ3v) is 2.88. The summed E-state index contributed by atoms with van der Waals surface area (Å²) in [4.78, 5) is 11.6. The van der Waals surface area contributed by atoms with Crippen LogP contribution in [0.5, 0.6) is 0 Å². The van der Waals surface area contributed by atoms with Crippen LogP contribution in [0.4, 0.5) is 5.69 Å². The number of benzene rings is 1. The van der Waals surface area contributed by atoms with Crippen molar-refractivity contribution in [1.82, 2.24) is 5.32 Å². The Morgan fingerprint density at radius 3 is 2.82 bits per heavy atom. The number of carbonyl (C=O) groups is 1. The Morgan fingerprint density at radius 1 is 1.35 bits per heavy atom. The Kier molecular flexibility index (Phi) is 4.12. The van der Waals surface area contributed by atoms with Gasteiger partial charge in [0.25, 0.3) is 0 Å². The first-order valence-corrected chi connectivity index (χ1v) is 5.99. The summed E-state index contributed by atoms with van der Waals surface area (Å²) in [5, 5.41) is 15.0. The van der Waals surface area contributed by atoms with Crippen LogP contribution in [-0.2, 0) is 11.4 Å². The van der Waals surface area contributed by atoms with Crippen molar-refractivity contribution in [2.24, 2.45) is 5.92 Å². The third-order valence-electron chi connectivity index (χ3n) is 2.88. The molecule has 17 heavy (non-hydrogen) atoms. The number of nitrogens with one attached hydrogen (secondary N) is 2. The van der Waals surface area contributed by atoms with Crippen LogP contribution in [0.15, 0.2) is 24.3 Å². The average molecular weight is 234 g/mol. The number of hydrogen-bond donors (Lipinski definition) is 3. The van der Waals surface area contributed by atoms with Crippen molar-refractivity contribution in [3.63, 3.8) is 0 Å². The predicted molar refractivity (Wildman–Crippen MR) is 66.6 cm³/mol. The van der Waals surface area contributed by atoms with Crippen molar-refractivity contribution >= 4 is 11.6 Å². The summed E-state index contributed by atoms with van der Waals surface area (Å²) >= 11 is 0. The van der Waals surface area contributed by atoms with Gasteiger partial charge >= 0.3 is 0 Å². The van der Waals surface area contributed by atoms with E-state index in [4.69, 9.17) is 5.11 Å². The first-order valence-electron chi connectivity index (χ1n) is 5.99. The lowest BCUT2D eigenvalue weighted by Gasteiger charge is -2.09. The van der Waals surface area contributed by atoms with Crippen LogP contribution >= 0.6 is 0 Å². The van der Waals surface area contributed by atoms with E-state index in [0.29, 0.717) is 12.2 Å². The first-order chi connectivity index (χ1) is 8.29. The molecule has 1 aliphatic carbocycles. The molecule has 0 unspecified atom stereocenters. The summed E-state index contributed by atoms with van der Waals surface area (Å²) in [7, 11) is 0. The summed E-state index contributed by atoms with van der Waals surface area (Å²) in [5.41, 5.74) is 1.43. The molecule has 0 atom stereocenters. The Morgan fingerprint density at radius 2 is 2.12 bits per heavy atom. The van der Waals surface area contributed by atoms with E-state index in [0.717, 1.165) is 18.0 Å². The molecule has 0 saturated heterocycles. The van der Waals surface area contributed by atoms with Crippen LogP contribution in [0.2, 0.25) is 0 Å². The van der Waals surface area contributed by atoms with Gasteiger partial charge in [0.2, 0.25) is 5.91 Å². The zero-order valence-electron chi connectivity index (χ0n) is 9.78. The van der Waals surface area contributed by atoms with Gasteiger partial charge in [-0.1, -0.05) is 18.2 Å². The predicted octanol–water partition coefficient (Wildman–Crippen LogP) is 1.12. The number of carbonyl (C=O) groups excluding carboxylic acids is 1. The molecule has 1 saturated carbocycles. The molecular formula is C13H18N2O2. The number of amides is 1. The first kappa shape index (κ1) is 12.1. The summed E-state index contributed by atoms with van der Waals surface area (Å²) < 4.78 is 0. The van der Waals surface area contributed by atoms with Crippen LogP contribution in [0.3, 0.4) is 0 Å². The lowest BCUT2D eigenvalue weighted by Crippen LogP contribution is -2.29. The zero-order valence-corrected chi connectivity index (χ0v) is 9.78. The lowest BCUT2D eigenvalue weighted by molar-refractivity contribution is -0.115. The van der Waals surface area contributed by atoms with Crippen molar-refractivity contribution in [2.75, 3.05) is 18.4 Å². The monoisotopic (exact) mass is 234 g/mol. The molecule has 1 fully saturated rings. The van der Waals surface area contributed by atoms with E-state index in [9.17, 15) is 4.79 Å². The second-order valence-corrected chi connectivity index (χ2v) is 4.44. The van der Waals surface area contributed by atoms with E-state index in [1.807, 2.05) is 12.1 Å². The van der Waals surface area contributed by atoms with E-state index < -0.39 is 0 Å². The third kappa shape index (κ3) is 3.84. The average Bonchev–Trinajstić information content (AvgIpc) is 3.14. The largest absolute Gasteiger partial charge is 0.392 e. The van der Waals surface area contributed by atoms with Gasteiger partial charge < -0.3 is 15.7 Å². The van der Waals surface area contributed by atoms with E-state index in [2.05, 4.69) is 10.6 Å². The Balaban J connectivity index is 1.79. The standard InChI is InChI=1S/C13H18N2O2/c16-9-11-3-1-2-4-12(11)15-13(17)8-14-7-10-5-6-10/h1-4,10,14,16H,5-9H2,(H,15,17). The van der Waals surface area contributed by atoms with Crippen molar-refractivity contribution in [1.29, 1.82) is 0 Å². The molecule has 1 aliphatic rings. The van der Waals surface area contributed by atoms with Gasteiger partial charge in [-0.05, 0) is 31.4 Å². The Labute approximate surface area is 101 Å². The summed E-state index contributed by atoms with van der Waals surface area (Å²) in [6, 6.07) is 7.27. The minimum absolute atomic E-state index is 0.0634. The maximum absolute atomic E-state index is 11.6. The van der Waals surface area contributed by atoms with Crippen molar-refractivity contribution in [2.45, 2.75) is 19.4 Å². The molecule has 3 N–H and O–H groups in total. The van der Waals surface area contributed by atoms with Gasteiger partial charge in [0.15, 0.2) is 0 Å². The van der Waals surface area contributed by atoms with E-state index in [1.54, 1.807) is 12.1 Å². The van der Waals surface area contributed by atoms with E-state index >= 15 is 0 Å². The van der Waals surface area contributed by atoms with Crippen LogP contribution < -0.4 is 10.6 Å². The fourth-order valence-corrected chi connectivity index (χ4v) is 1.69. The van der Waals surface area contributed by atoms with Crippen molar-refractivity contribution < 1.29 is 9.90 Å². The molecule has 4 heteroatoms. The number of anilines is 1. The highest BCUT2D eigenvalue weighted by molar-refractivity contribution is 5.92. The summed E-state index contributed by atoms with van der Waals surface area (Å²) in [6.45, 7) is 1.19. The molecular weight excluding hydrogens is 216 g/mol. The summed E-state index contributed by atoms with van der Waals surface area (Å²) in [5.74, 6) is 0.707. The quantitative estimate of drug-likeness (QED) is 0.691. The molecule has 0 spiro atoms. The molecule has 0 heterocycles. The highest BCUT2D eigenvalue weighted by Gasteiger charge is 2.20. The molecule has 1 aromatic rings. The fourth-order valence-electron chi connectivity index (χ4n) is 1.69. The van der Waals surface area contributed by atoms with Gasteiger partial charge in [-0.2, -0.15) is 0 Å². The number of para-hydroxylation sites is 1. The van der Waals surface area contributed by atoms with Gasteiger partial charge in [-0.3, -0.25) is 4.79 Å². The molecule has 2 rings (SSSR count). The molecule has 0 aromatic heterocycles. The molecule has 0 radical (unpaired) electrons. The van der Waals surface area contributed by atoms with Gasteiger partial charge in [-0.15, -0.1) is 0 Å². The molecule has 0 bridgehead atoms. The fraction of sp³-hybridized carbons (Fsp3) is 0.462. The number of hydrogen-bond acceptors (Lipinski definition) is 3. The maximum atomic E-state index is 11.6. The topological polar surface area (TPSA) is 61.4 Å². The smallest absolute Gasteiger partial charge is 0.238 e. The number of aliphatic hydroxyl groups excluding tert-OH is 1. The normalized spacial score (nSPS) is 14.6. The van der Waals surface area contributed by atoms with Crippen LogP contribution in [0.1, 0.15) is 18.4 Å². The highest BCUT2D eigenvalue weighted by Crippen LogP contribution is 2.27. The molecule has 0 aliphatic heterocycles. The molecule has 1 aromatic carbocycles.